The molecule has 16 heavy (non-hydrogen) atoms. The van der Waals surface area contributed by atoms with E-state index in [1.807, 2.05) is 7.05 Å². The fourth-order valence-electron chi connectivity index (χ4n) is 1.63. The van der Waals surface area contributed by atoms with E-state index < -0.39 is 11.4 Å². The molecule has 0 atom stereocenters. The molecule has 0 heterocycles. The maximum atomic E-state index is 10.9. The molecule has 0 aliphatic rings. The summed E-state index contributed by atoms with van der Waals surface area (Å²) in [5.74, 6) is -0.720. The van der Waals surface area contributed by atoms with E-state index in [9.17, 15) is 4.79 Å². The number of rotatable bonds is 8. The van der Waals surface area contributed by atoms with Crippen molar-refractivity contribution in [2.24, 2.45) is 5.41 Å². The van der Waals surface area contributed by atoms with Gasteiger partial charge in [0.25, 0.3) is 0 Å². The van der Waals surface area contributed by atoms with Crippen LogP contribution in [0.5, 0.6) is 0 Å². The van der Waals surface area contributed by atoms with Gasteiger partial charge in [0.15, 0.2) is 0 Å². The summed E-state index contributed by atoms with van der Waals surface area (Å²) in [5.41, 5.74) is -0.639. The molecule has 0 fully saturated rings. The van der Waals surface area contributed by atoms with Crippen molar-refractivity contribution in [1.82, 2.24) is 4.90 Å². The van der Waals surface area contributed by atoms with Crippen molar-refractivity contribution in [3.8, 4) is 0 Å². The summed E-state index contributed by atoms with van der Waals surface area (Å²) in [6, 6.07) is 0. The lowest BCUT2D eigenvalue weighted by atomic mass is 9.93. The molecule has 0 bridgehead atoms. The van der Waals surface area contributed by atoms with E-state index in [0.717, 1.165) is 6.54 Å². The number of carboxylic acids is 1. The van der Waals surface area contributed by atoms with Gasteiger partial charge < -0.3 is 10.0 Å². The van der Waals surface area contributed by atoms with E-state index in [1.54, 1.807) is 13.8 Å². The predicted octanol–water partition coefficient (Wildman–Crippen LogP) is 3.03. The molecule has 4 heteroatoms. The van der Waals surface area contributed by atoms with Crippen molar-refractivity contribution in [3.63, 3.8) is 0 Å². The molecule has 0 radical (unpaired) electrons. The summed E-state index contributed by atoms with van der Waals surface area (Å²) in [7, 11) is 2.00. The SMILES string of the molecule is CCCCCCN(C)CC(C)(C)C(=O)O.Cl. The summed E-state index contributed by atoms with van der Waals surface area (Å²) in [6.45, 7) is 7.36. The van der Waals surface area contributed by atoms with Crippen molar-refractivity contribution in [3.05, 3.63) is 0 Å². The molecule has 0 unspecified atom stereocenters. The van der Waals surface area contributed by atoms with Gasteiger partial charge in [0, 0.05) is 6.54 Å². The number of halogens is 1. The number of unbranched alkanes of at least 4 members (excludes halogenated alkanes) is 3. The molecule has 0 spiro atoms. The van der Waals surface area contributed by atoms with Crippen LogP contribution in [0, 0.1) is 5.41 Å². The van der Waals surface area contributed by atoms with E-state index in [0.29, 0.717) is 6.54 Å². The minimum atomic E-state index is -0.720. The molecule has 0 aromatic carbocycles. The fraction of sp³-hybridized carbons (Fsp3) is 0.917. The quantitative estimate of drug-likeness (QED) is 0.674. The molecule has 0 aromatic heterocycles. The Morgan fingerprint density at radius 1 is 1.25 bits per heavy atom. The number of nitrogens with zero attached hydrogens (tertiary/aromatic N) is 1. The first-order valence-electron chi connectivity index (χ1n) is 5.82. The zero-order valence-electron chi connectivity index (χ0n) is 11.0. The third kappa shape index (κ3) is 7.94. The van der Waals surface area contributed by atoms with Gasteiger partial charge in [-0.15, -0.1) is 12.4 Å². The molecule has 0 saturated heterocycles. The summed E-state index contributed by atoms with van der Waals surface area (Å²) in [4.78, 5) is 13.0. The number of carboxylic acid groups (broad SMARTS) is 1. The molecule has 0 rings (SSSR count). The highest BCUT2D eigenvalue weighted by Gasteiger charge is 2.28. The molecule has 0 amide bonds. The monoisotopic (exact) mass is 251 g/mol. The Balaban J connectivity index is 0. The minimum absolute atomic E-state index is 0. The van der Waals surface area contributed by atoms with E-state index >= 15 is 0 Å². The van der Waals surface area contributed by atoms with Gasteiger partial charge in [-0.2, -0.15) is 0 Å². The molecule has 0 saturated carbocycles. The van der Waals surface area contributed by atoms with Crippen LogP contribution in [0.1, 0.15) is 46.5 Å². The Labute approximate surface area is 106 Å². The van der Waals surface area contributed by atoms with Crippen LogP contribution in [-0.2, 0) is 4.79 Å². The molecular weight excluding hydrogens is 226 g/mol. The Morgan fingerprint density at radius 2 is 1.81 bits per heavy atom. The maximum Gasteiger partial charge on any atom is 0.310 e. The highest BCUT2D eigenvalue weighted by atomic mass is 35.5. The van der Waals surface area contributed by atoms with Gasteiger partial charge >= 0.3 is 5.97 Å². The average Bonchev–Trinajstić information content (AvgIpc) is 2.11. The molecule has 3 nitrogen and oxygen atoms in total. The van der Waals surface area contributed by atoms with E-state index in [2.05, 4.69) is 11.8 Å². The van der Waals surface area contributed by atoms with E-state index in [-0.39, 0.29) is 12.4 Å². The Morgan fingerprint density at radius 3 is 2.25 bits per heavy atom. The lowest BCUT2D eigenvalue weighted by molar-refractivity contribution is -0.147. The van der Waals surface area contributed by atoms with Crippen LogP contribution in [0.3, 0.4) is 0 Å². The zero-order chi connectivity index (χ0) is 11.9. The lowest BCUT2D eigenvalue weighted by Gasteiger charge is -2.26. The fourth-order valence-corrected chi connectivity index (χ4v) is 1.63. The molecule has 0 aliphatic carbocycles. The minimum Gasteiger partial charge on any atom is -0.481 e. The number of carbonyl (C=O) groups is 1. The van der Waals surface area contributed by atoms with Crippen LogP contribution < -0.4 is 0 Å². The topological polar surface area (TPSA) is 40.5 Å². The highest BCUT2D eigenvalue weighted by molar-refractivity contribution is 5.85. The summed E-state index contributed by atoms with van der Waals surface area (Å²) < 4.78 is 0. The van der Waals surface area contributed by atoms with Gasteiger partial charge in [0.05, 0.1) is 5.41 Å². The summed E-state index contributed by atoms with van der Waals surface area (Å²) in [5, 5.41) is 8.97. The summed E-state index contributed by atoms with van der Waals surface area (Å²) >= 11 is 0. The van der Waals surface area contributed by atoms with Crippen LogP contribution in [-0.4, -0.2) is 36.1 Å². The van der Waals surface area contributed by atoms with Gasteiger partial charge in [0.1, 0.15) is 0 Å². The average molecular weight is 252 g/mol. The van der Waals surface area contributed by atoms with Crippen LogP contribution in [0.2, 0.25) is 0 Å². The maximum absolute atomic E-state index is 10.9. The molecule has 0 aromatic rings. The predicted molar refractivity (Wildman–Crippen MR) is 70.3 cm³/mol. The molecule has 1 N–H and O–H groups in total. The van der Waals surface area contributed by atoms with Gasteiger partial charge in [0.2, 0.25) is 0 Å². The van der Waals surface area contributed by atoms with Gasteiger partial charge in [-0.25, -0.2) is 0 Å². The van der Waals surface area contributed by atoms with E-state index in [4.69, 9.17) is 5.11 Å². The molecule has 0 aliphatic heterocycles. The van der Waals surface area contributed by atoms with Crippen molar-refractivity contribution < 1.29 is 9.90 Å². The lowest BCUT2D eigenvalue weighted by Crippen LogP contribution is -2.37. The number of aliphatic carboxylic acids is 1. The largest absolute Gasteiger partial charge is 0.481 e. The highest BCUT2D eigenvalue weighted by Crippen LogP contribution is 2.16. The molecular formula is C12H26ClNO2. The van der Waals surface area contributed by atoms with Crippen molar-refractivity contribution in [2.75, 3.05) is 20.1 Å². The normalized spacial score (nSPS) is 11.3. The van der Waals surface area contributed by atoms with Crippen molar-refractivity contribution >= 4 is 18.4 Å². The Bertz CT molecular complexity index is 195. The standard InChI is InChI=1S/C12H25NO2.ClH/c1-5-6-7-8-9-13(4)10-12(2,3)11(14)15;/h5-10H2,1-4H3,(H,14,15);1H. The first-order chi connectivity index (χ1) is 6.90. The Kier molecular flexibility index (Phi) is 9.98. The van der Waals surface area contributed by atoms with Crippen LogP contribution in [0.25, 0.3) is 0 Å². The zero-order valence-corrected chi connectivity index (χ0v) is 11.8. The van der Waals surface area contributed by atoms with Gasteiger partial charge in [-0.05, 0) is 33.9 Å². The van der Waals surface area contributed by atoms with Crippen LogP contribution in [0.15, 0.2) is 0 Å². The first kappa shape index (κ1) is 18.1. The number of hydrogen-bond donors (Lipinski definition) is 1. The Hall–Kier alpha value is -0.280. The third-order valence-electron chi connectivity index (χ3n) is 2.64. The van der Waals surface area contributed by atoms with Gasteiger partial charge in [-0.1, -0.05) is 26.2 Å². The number of hydrogen-bond acceptors (Lipinski definition) is 2. The molecule has 98 valence electrons. The van der Waals surface area contributed by atoms with Gasteiger partial charge in [-0.3, -0.25) is 4.79 Å². The smallest absolute Gasteiger partial charge is 0.310 e. The second kappa shape index (κ2) is 8.82. The second-order valence-electron chi connectivity index (χ2n) is 4.99. The van der Waals surface area contributed by atoms with Crippen molar-refractivity contribution in [2.45, 2.75) is 46.5 Å². The first-order valence-corrected chi connectivity index (χ1v) is 5.82. The second-order valence-corrected chi connectivity index (χ2v) is 4.99. The van der Waals surface area contributed by atoms with Crippen LogP contribution in [0.4, 0.5) is 0 Å². The van der Waals surface area contributed by atoms with E-state index in [1.165, 1.54) is 25.7 Å². The summed E-state index contributed by atoms with van der Waals surface area (Å²) in [6.07, 6.45) is 4.93. The third-order valence-corrected chi connectivity index (χ3v) is 2.64. The van der Waals surface area contributed by atoms with Crippen molar-refractivity contribution in [1.29, 1.82) is 0 Å². The van der Waals surface area contributed by atoms with Crippen LogP contribution >= 0.6 is 12.4 Å².